The Morgan fingerprint density at radius 2 is 2.05 bits per heavy atom. The minimum atomic E-state index is -0.470. The fraction of sp³-hybridized carbons (Fsp3) is 0.0833. The van der Waals surface area contributed by atoms with E-state index in [1.54, 1.807) is 16.4 Å². The van der Waals surface area contributed by atoms with E-state index in [2.05, 4.69) is 36.2 Å². The van der Waals surface area contributed by atoms with Crippen molar-refractivity contribution >= 4 is 53.1 Å². The van der Waals surface area contributed by atoms with Crippen molar-refractivity contribution in [1.82, 2.24) is 18.9 Å². The molecule has 0 radical (unpaired) electrons. The predicted molar refractivity (Wildman–Crippen MR) is 89.5 cm³/mol. The van der Waals surface area contributed by atoms with Gasteiger partial charge in [-0.15, -0.1) is 11.8 Å². The second kappa shape index (κ2) is 6.05. The lowest BCUT2D eigenvalue weighted by Crippen LogP contribution is -1.93. The smallest absolute Gasteiger partial charge is 0.173 e. The number of fused-ring (bicyclic) bond motifs is 1. The molecule has 0 spiro atoms. The number of nitrogens with zero attached hydrogens (tertiary/aromatic N) is 4. The van der Waals surface area contributed by atoms with E-state index in [1.165, 1.54) is 26.9 Å². The third-order valence-electron chi connectivity index (χ3n) is 2.80. The molecule has 0 saturated carbocycles. The van der Waals surface area contributed by atoms with Crippen LogP contribution in [0.1, 0.15) is 0 Å². The van der Waals surface area contributed by atoms with Crippen LogP contribution in [0.25, 0.3) is 22.4 Å². The molecule has 0 amide bonds. The summed E-state index contributed by atoms with van der Waals surface area (Å²) in [6.45, 7) is 0. The lowest BCUT2D eigenvalue weighted by molar-refractivity contribution is 0.580. The molecular formula is C12H7F2IN4S2. The lowest BCUT2D eigenvalue weighted by atomic mass is 10.2. The highest BCUT2D eigenvalue weighted by atomic mass is 127. The standard InChI is InChI=1S/C12H7F2IN4S2/c1-20-12-9(14)4-16-10(18-12)8-5-19(21-15)11-7(8)2-6(13)3-17-11/h2-5H,1H3. The van der Waals surface area contributed by atoms with Crippen LogP contribution in [0.15, 0.2) is 29.7 Å². The molecule has 0 aliphatic carbocycles. The molecular weight excluding hydrogens is 429 g/mol. The van der Waals surface area contributed by atoms with Gasteiger partial charge in [0.25, 0.3) is 0 Å². The molecule has 0 aliphatic rings. The van der Waals surface area contributed by atoms with Crippen molar-refractivity contribution in [2.45, 2.75) is 5.03 Å². The van der Waals surface area contributed by atoms with Gasteiger partial charge in [-0.05, 0) is 12.3 Å². The monoisotopic (exact) mass is 436 g/mol. The summed E-state index contributed by atoms with van der Waals surface area (Å²) in [5, 5.41) is 0.852. The summed E-state index contributed by atoms with van der Waals surface area (Å²) in [7, 11) is 1.40. The van der Waals surface area contributed by atoms with Crippen molar-refractivity contribution in [2.75, 3.05) is 6.26 Å². The van der Waals surface area contributed by atoms with Crippen LogP contribution in [0.4, 0.5) is 8.78 Å². The highest BCUT2D eigenvalue weighted by Crippen LogP contribution is 2.33. The minimum absolute atomic E-state index is 0.257. The largest absolute Gasteiger partial charge is 0.265 e. The second-order valence-electron chi connectivity index (χ2n) is 4.01. The van der Waals surface area contributed by atoms with Gasteiger partial charge in [0.2, 0.25) is 0 Å². The fourth-order valence-electron chi connectivity index (χ4n) is 1.91. The summed E-state index contributed by atoms with van der Waals surface area (Å²) >= 11 is 3.30. The molecule has 0 bridgehead atoms. The Balaban J connectivity index is 2.26. The maximum Gasteiger partial charge on any atom is 0.173 e. The van der Waals surface area contributed by atoms with Gasteiger partial charge in [0.1, 0.15) is 10.8 Å². The number of pyridine rings is 1. The molecule has 0 atom stereocenters. The van der Waals surface area contributed by atoms with Crippen molar-refractivity contribution < 1.29 is 8.78 Å². The Morgan fingerprint density at radius 1 is 1.24 bits per heavy atom. The zero-order valence-corrected chi connectivity index (χ0v) is 14.3. The molecule has 0 aromatic carbocycles. The lowest BCUT2D eigenvalue weighted by Gasteiger charge is -2.01. The van der Waals surface area contributed by atoms with Crippen molar-refractivity contribution in [2.24, 2.45) is 0 Å². The zero-order chi connectivity index (χ0) is 15.0. The van der Waals surface area contributed by atoms with E-state index in [0.717, 1.165) is 12.4 Å². The van der Waals surface area contributed by atoms with Gasteiger partial charge in [0.15, 0.2) is 17.3 Å². The van der Waals surface area contributed by atoms with Crippen LogP contribution in [0.5, 0.6) is 0 Å². The molecule has 0 N–H and O–H groups in total. The van der Waals surface area contributed by atoms with Crippen molar-refractivity contribution in [3.05, 3.63) is 36.3 Å². The Morgan fingerprint density at radius 3 is 2.76 bits per heavy atom. The average molecular weight is 436 g/mol. The fourth-order valence-corrected chi connectivity index (χ4v) is 3.59. The van der Waals surface area contributed by atoms with E-state index in [0.29, 0.717) is 22.4 Å². The van der Waals surface area contributed by atoms with Gasteiger partial charge in [-0.2, -0.15) is 0 Å². The normalized spacial score (nSPS) is 11.2. The van der Waals surface area contributed by atoms with Crippen LogP contribution in [-0.4, -0.2) is 25.2 Å². The van der Waals surface area contributed by atoms with Gasteiger partial charge in [-0.3, -0.25) is 3.97 Å². The summed E-state index contributed by atoms with van der Waals surface area (Å²) < 4.78 is 28.8. The summed E-state index contributed by atoms with van der Waals surface area (Å²) in [5.74, 6) is -0.558. The van der Waals surface area contributed by atoms with E-state index in [9.17, 15) is 8.78 Å². The topological polar surface area (TPSA) is 43.6 Å². The second-order valence-corrected chi connectivity index (χ2v) is 6.52. The molecule has 3 aromatic heterocycles. The molecule has 3 aromatic rings. The quantitative estimate of drug-likeness (QED) is 0.347. The van der Waals surface area contributed by atoms with Gasteiger partial charge in [0, 0.05) is 47.5 Å². The molecule has 4 nitrogen and oxygen atoms in total. The van der Waals surface area contributed by atoms with E-state index in [-0.39, 0.29) is 5.03 Å². The summed E-state index contributed by atoms with van der Waals surface area (Å²) in [6, 6.07) is 1.38. The van der Waals surface area contributed by atoms with E-state index in [1.807, 2.05) is 0 Å². The Hall–Kier alpha value is -0.940. The van der Waals surface area contributed by atoms with Crippen LogP contribution in [0.3, 0.4) is 0 Å². The Kier molecular flexibility index (Phi) is 4.31. The summed E-state index contributed by atoms with van der Waals surface area (Å²) in [5.41, 5.74) is 1.24. The van der Waals surface area contributed by atoms with Crippen LogP contribution in [-0.2, 0) is 0 Å². The Labute approximate surface area is 139 Å². The first-order valence-corrected chi connectivity index (χ1v) is 10.2. The van der Waals surface area contributed by atoms with E-state index < -0.39 is 11.6 Å². The van der Waals surface area contributed by atoms with Crippen molar-refractivity contribution in [3.63, 3.8) is 0 Å². The number of hydrogen-bond donors (Lipinski definition) is 0. The molecule has 3 rings (SSSR count). The van der Waals surface area contributed by atoms with Crippen molar-refractivity contribution in [1.29, 1.82) is 0 Å². The highest BCUT2D eigenvalue weighted by Gasteiger charge is 2.16. The Bertz CT molecular complexity index is 824. The maximum absolute atomic E-state index is 13.5. The van der Waals surface area contributed by atoms with Crippen LogP contribution < -0.4 is 0 Å². The number of halogens is 3. The molecule has 0 saturated heterocycles. The van der Waals surface area contributed by atoms with E-state index >= 15 is 0 Å². The first-order valence-electron chi connectivity index (χ1n) is 5.66. The third-order valence-corrected chi connectivity index (χ3v) is 5.17. The molecule has 0 fully saturated rings. The van der Waals surface area contributed by atoms with E-state index in [4.69, 9.17) is 0 Å². The van der Waals surface area contributed by atoms with Crippen LogP contribution in [0, 0.1) is 11.6 Å². The van der Waals surface area contributed by atoms with Gasteiger partial charge < -0.3 is 0 Å². The summed E-state index contributed by atoms with van der Waals surface area (Å²) in [4.78, 5) is 12.3. The number of thioether (sulfide) groups is 1. The molecule has 3 heterocycles. The van der Waals surface area contributed by atoms with Gasteiger partial charge in [-0.25, -0.2) is 23.7 Å². The zero-order valence-electron chi connectivity index (χ0n) is 10.5. The maximum atomic E-state index is 13.5. The van der Waals surface area contributed by atoms with Crippen LogP contribution in [0.2, 0.25) is 0 Å². The third kappa shape index (κ3) is 2.73. The van der Waals surface area contributed by atoms with Gasteiger partial charge >= 0.3 is 0 Å². The molecule has 108 valence electrons. The summed E-state index contributed by atoms with van der Waals surface area (Å²) in [6.07, 6.45) is 5.79. The predicted octanol–water partition coefficient (Wildman–Crippen LogP) is 4.34. The molecule has 0 unspecified atom stereocenters. The number of rotatable bonds is 3. The first kappa shape index (κ1) is 15.0. The first-order chi connectivity index (χ1) is 10.1. The van der Waals surface area contributed by atoms with Gasteiger partial charge in [-0.1, -0.05) is 0 Å². The molecule has 0 aliphatic heterocycles. The van der Waals surface area contributed by atoms with Gasteiger partial charge in [0.05, 0.1) is 12.4 Å². The molecule has 9 heteroatoms. The molecule has 21 heavy (non-hydrogen) atoms. The highest BCUT2D eigenvalue weighted by molar-refractivity contribution is 14.2. The SMILES string of the molecule is CSc1nc(-c2cn(SI)c3ncc(F)cc23)ncc1F. The number of hydrogen-bond acceptors (Lipinski definition) is 5. The van der Waals surface area contributed by atoms with Crippen molar-refractivity contribution in [3.8, 4) is 11.4 Å². The van der Waals surface area contributed by atoms with Crippen LogP contribution >= 0.6 is 42.1 Å². The number of aromatic nitrogens is 4. The average Bonchev–Trinajstić information content (AvgIpc) is 2.85. The minimum Gasteiger partial charge on any atom is -0.265 e.